The molecule has 1 unspecified atom stereocenters. The molecule has 0 aromatic heterocycles. The number of benzene rings is 1. The molecule has 0 heterocycles. The molecule has 1 rings (SSSR count). The lowest BCUT2D eigenvalue weighted by atomic mass is 9.97. The van der Waals surface area contributed by atoms with Crippen LogP contribution in [0.2, 0.25) is 0 Å². The van der Waals surface area contributed by atoms with Gasteiger partial charge in [-0.25, -0.2) is 4.79 Å². The van der Waals surface area contributed by atoms with E-state index in [-0.39, 0.29) is 18.4 Å². The van der Waals surface area contributed by atoms with Crippen molar-refractivity contribution in [3.8, 4) is 0 Å². The summed E-state index contributed by atoms with van der Waals surface area (Å²) in [5.41, 5.74) is 1.79. The molecule has 7 nitrogen and oxygen atoms in total. The van der Waals surface area contributed by atoms with E-state index in [9.17, 15) is 14.4 Å². The second-order valence-corrected chi connectivity index (χ2v) is 10.3. The van der Waals surface area contributed by atoms with Crippen LogP contribution in [0.25, 0.3) is 0 Å². The average Bonchev–Trinajstić information content (AvgIpc) is 2.62. The van der Waals surface area contributed by atoms with E-state index in [4.69, 9.17) is 4.74 Å². The topological polar surface area (TPSA) is 87.7 Å². The van der Waals surface area contributed by atoms with Crippen molar-refractivity contribution < 1.29 is 19.1 Å². The third-order valence-electron chi connectivity index (χ3n) is 4.76. The van der Waals surface area contributed by atoms with Crippen LogP contribution in [0.5, 0.6) is 0 Å². The number of nitrogens with one attached hydrogen (secondary N) is 2. The van der Waals surface area contributed by atoms with Crippen molar-refractivity contribution in [2.24, 2.45) is 0 Å². The molecule has 0 aliphatic rings. The van der Waals surface area contributed by atoms with Crippen molar-refractivity contribution in [3.05, 3.63) is 34.9 Å². The molecule has 0 fully saturated rings. The van der Waals surface area contributed by atoms with Crippen LogP contribution in [0, 0.1) is 13.8 Å². The van der Waals surface area contributed by atoms with Crippen LogP contribution in [0.3, 0.4) is 0 Å². The van der Waals surface area contributed by atoms with Crippen LogP contribution in [0.15, 0.2) is 18.2 Å². The van der Waals surface area contributed by atoms with Gasteiger partial charge in [-0.15, -0.1) is 0 Å². The molecule has 32 heavy (non-hydrogen) atoms. The number of carbonyl (C=O) groups is 3. The van der Waals surface area contributed by atoms with E-state index in [1.165, 1.54) is 0 Å². The minimum absolute atomic E-state index is 0.247. The molecule has 1 aromatic carbocycles. The van der Waals surface area contributed by atoms with Crippen molar-refractivity contribution in [1.29, 1.82) is 0 Å². The number of hydrogen-bond acceptors (Lipinski definition) is 4. The molecule has 3 amide bonds. The summed E-state index contributed by atoms with van der Waals surface area (Å²) in [5.74, 6) is -0.584. The van der Waals surface area contributed by atoms with Crippen LogP contribution >= 0.6 is 0 Å². The van der Waals surface area contributed by atoms with Crippen molar-refractivity contribution in [2.75, 3.05) is 13.1 Å². The van der Waals surface area contributed by atoms with Gasteiger partial charge in [-0.1, -0.05) is 31.5 Å². The molecular weight excluding hydrogens is 406 g/mol. The second kappa shape index (κ2) is 11.3. The number of alkyl carbamates (subject to hydrolysis) is 1. The lowest BCUT2D eigenvalue weighted by Gasteiger charge is -2.34. The molecule has 1 atom stereocenters. The Hall–Kier alpha value is -2.57. The molecule has 0 bridgehead atoms. The molecule has 0 saturated carbocycles. The predicted octanol–water partition coefficient (Wildman–Crippen LogP) is 4.41. The van der Waals surface area contributed by atoms with Crippen molar-refractivity contribution >= 4 is 17.9 Å². The van der Waals surface area contributed by atoms with Gasteiger partial charge in [0.25, 0.3) is 0 Å². The first-order valence-electron chi connectivity index (χ1n) is 11.3. The SMILES string of the molecule is CCCCN(C(=O)CNC(=O)OC(C)(C)C)C(C(=O)NC(C)(C)C)c1ccc(C)c(C)c1. The third-order valence-corrected chi connectivity index (χ3v) is 4.76. The van der Waals surface area contributed by atoms with Crippen LogP contribution in [0.1, 0.15) is 84.0 Å². The molecule has 0 radical (unpaired) electrons. The van der Waals surface area contributed by atoms with E-state index < -0.39 is 23.3 Å². The number of hydrogen-bond donors (Lipinski definition) is 2. The molecule has 0 aliphatic heterocycles. The number of nitrogens with zero attached hydrogens (tertiary/aromatic N) is 1. The van der Waals surface area contributed by atoms with E-state index in [2.05, 4.69) is 10.6 Å². The standard InChI is InChI=1S/C25H41N3O4/c1-10-11-14-28(20(29)16-26-23(31)32-25(7,8)9)21(22(30)27-24(4,5)6)19-13-12-17(2)18(3)15-19/h12-13,15,21H,10-11,14,16H2,1-9H3,(H,26,31)(H,27,30). The smallest absolute Gasteiger partial charge is 0.408 e. The number of amides is 3. The number of rotatable bonds is 8. The Bertz CT molecular complexity index is 806. The van der Waals surface area contributed by atoms with Gasteiger partial charge in [0.1, 0.15) is 18.2 Å². The highest BCUT2D eigenvalue weighted by molar-refractivity contribution is 5.90. The highest BCUT2D eigenvalue weighted by Gasteiger charge is 2.33. The van der Waals surface area contributed by atoms with Crippen LogP contribution in [0.4, 0.5) is 4.79 Å². The Balaban J connectivity index is 3.26. The zero-order valence-electron chi connectivity index (χ0n) is 21.2. The summed E-state index contributed by atoms with van der Waals surface area (Å²) in [6.07, 6.45) is 0.940. The number of ether oxygens (including phenoxy) is 1. The average molecular weight is 448 g/mol. The van der Waals surface area contributed by atoms with Crippen LogP contribution < -0.4 is 10.6 Å². The second-order valence-electron chi connectivity index (χ2n) is 10.3. The van der Waals surface area contributed by atoms with Gasteiger partial charge in [0.05, 0.1) is 0 Å². The minimum atomic E-state index is -0.798. The highest BCUT2D eigenvalue weighted by Crippen LogP contribution is 2.25. The maximum absolute atomic E-state index is 13.4. The molecule has 1 aromatic rings. The number of carbonyl (C=O) groups excluding carboxylic acids is 3. The molecule has 0 saturated heterocycles. The van der Waals surface area contributed by atoms with E-state index >= 15 is 0 Å². The van der Waals surface area contributed by atoms with Gasteiger partial charge in [0.2, 0.25) is 11.8 Å². The zero-order valence-corrected chi connectivity index (χ0v) is 21.2. The van der Waals surface area contributed by atoms with E-state index in [1.54, 1.807) is 25.7 Å². The Morgan fingerprint density at radius 3 is 2.16 bits per heavy atom. The van der Waals surface area contributed by atoms with Crippen molar-refractivity contribution in [2.45, 2.75) is 92.3 Å². The molecule has 2 N–H and O–H groups in total. The normalized spacial score (nSPS) is 12.7. The lowest BCUT2D eigenvalue weighted by Crippen LogP contribution is -2.51. The van der Waals surface area contributed by atoms with Gasteiger partial charge in [0.15, 0.2) is 0 Å². The van der Waals surface area contributed by atoms with Gasteiger partial charge in [-0.3, -0.25) is 9.59 Å². The first-order valence-corrected chi connectivity index (χ1v) is 11.3. The van der Waals surface area contributed by atoms with E-state index in [0.717, 1.165) is 29.5 Å². The molecule has 0 aliphatic carbocycles. The molecule has 0 spiro atoms. The Morgan fingerprint density at radius 1 is 1.03 bits per heavy atom. The zero-order chi connectivity index (χ0) is 24.7. The summed E-state index contributed by atoms with van der Waals surface area (Å²) in [6, 6.07) is 5.01. The number of unbranched alkanes of at least 4 members (excludes halogenated alkanes) is 1. The summed E-state index contributed by atoms with van der Waals surface area (Å²) >= 11 is 0. The van der Waals surface area contributed by atoms with Crippen LogP contribution in [-0.2, 0) is 14.3 Å². The van der Waals surface area contributed by atoms with Crippen LogP contribution in [-0.4, -0.2) is 47.0 Å². The minimum Gasteiger partial charge on any atom is -0.444 e. The summed E-state index contributed by atoms with van der Waals surface area (Å²) in [4.78, 5) is 40.2. The van der Waals surface area contributed by atoms with E-state index in [1.807, 2.05) is 59.7 Å². The van der Waals surface area contributed by atoms with Gasteiger partial charge < -0.3 is 20.3 Å². The summed E-state index contributed by atoms with van der Waals surface area (Å²) in [6.45, 7) is 17.2. The Morgan fingerprint density at radius 2 is 1.66 bits per heavy atom. The molecule has 180 valence electrons. The molecule has 7 heteroatoms. The van der Waals surface area contributed by atoms with E-state index in [0.29, 0.717) is 6.54 Å². The van der Waals surface area contributed by atoms with Crippen molar-refractivity contribution in [1.82, 2.24) is 15.5 Å². The van der Waals surface area contributed by atoms with Gasteiger partial charge in [0, 0.05) is 12.1 Å². The highest BCUT2D eigenvalue weighted by atomic mass is 16.6. The quantitative estimate of drug-likeness (QED) is 0.618. The largest absolute Gasteiger partial charge is 0.444 e. The van der Waals surface area contributed by atoms with Gasteiger partial charge >= 0.3 is 6.09 Å². The predicted molar refractivity (Wildman–Crippen MR) is 127 cm³/mol. The maximum atomic E-state index is 13.4. The maximum Gasteiger partial charge on any atom is 0.408 e. The first-order chi connectivity index (χ1) is 14.6. The third kappa shape index (κ3) is 9.28. The Kier molecular flexibility index (Phi) is 9.73. The monoisotopic (exact) mass is 447 g/mol. The van der Waals surface area contributed by atoms with Gasteiger partial charge in [-0.2, -0.15) is 0 Å². The van der Waals surface area contributed by atoms with Crippen molar-refractivity contribution in [3.63, 3.8) is 0 Å². The first kappa shape index (κ1) is 27.5. The fourth-order valence-electron chi connectivity index (χ4n) is 3.14. The van der Waals surface area contributed by atoms with Gasteiger partial charge in [-0.05, 0) is 78.5 Å². The molecular formula is C25H41N3O4. The fraction of sp³-hybridized carbons (Fsp3) is 0.640. The summed E-state index contributed by atoms with van der Waals surface area (Å²) in [7, 11) is 0. The fourth-order valence-corrected chi connectivity index (χ4v) is 3.14. The Labute approximate surface area is 193 Å². The summed E-state index contributed by atoms with van der Waals surface area (Å²) in [5, 5.41) is 5.54. The lowest BCUT2D eigenvalue weighted by molar-refractivity contribution is -0.141. The number of aryl methyl sites for hydroxylation is 2. The summed E-state index contributed by atoms with van der Waals surface area (Å²) < 4.78 is 5.24.